The summed E-state index contributed by atoms with van der Waals surface area (Å²) in [5.41, 5.74) is 1.12. The summed E-state index contributed by atoms with van der Waals surface area (Å²) in [4.78, 5) is 14.2. The summed E-state index contributed by atoms with van der Waals surface area (Å²) in [7, 11) is 3.96. The van der Waals surface area contributed by atoms with Crippen molar-refractivity contribution < 1.29 is 0 Å². The van der Waals surface area contributed by atoms with Gasteiger partial charge in [0.15, 0.2) is 0 Å². The molecule has 106 valence electrons. The van der Waals surface area contributed by atoms with Crippen LogP contribution in [0.4, 0.5) is 5.69 Å². The van der Waals surface area contributed by atoms with Crippen LogP contribution in [0.1, 0.15) is 19.8 Å². The van der Waals surface area contributed by atoms with Crippen molar-refractivity contribution in [2.45, 2.75) is 26.3 Å². The number of hydrogen-bond donors (Lipinski definition) is 1. The molecule has 1 aromatic heterocycles. The normalized spacial score (nSPS) is 16.7. The van der Waals surface area contributed by atoms with E-state index in [9.17, 15) is 4.79 Å². The standard InChI is InChI=1S/C13H21BrN4O/c1-13(4-5-13)9-15-10-8-16-18(7-6-17(2)3)12(19)11(10)14/h8,15H,4-7,9H2,1-3H3. The second kappa shape index (κ2) is 5.63. The van der Waals surface area contributed by atoms with Crippen LogP contribution in [0.25, 0.3) is 0 Å². The van der Waals surface area contributed by atoms with Gasteiger partial charge in [0, 0.05) is 13.1 Å². The summed E-state index contributed by atoms with van der Waals surface area (Å²) in [5.74, 6) is 0. The maximum atomic E-state index is 12.1. The summed E-state index contributed by atoms with van der Waals surface area (Å²) in [6, 6.07) is 0. The Hall–Kier alpha value is -0.880. The van der Waals surface area contributed by atoms with Gasteiger partial charge in [-0.3, -0.25) is 4.79 Å². The molecule has 1 aromatic rings. The van der Waals surface area contributed by atoms with Gasteiger partial charge in [-0.1, -0.05) is 6.92 Å². The van der Waals surface area contributed by atoms with Crippen molar-refractivity contribution in [3.63, 3.8) is 0 Å². The first-order valence-corrected chi connectivity index (χ1v) is 7.35. The van der Waals surface area contributed by atoms with Crippen LogP contribution in [0.5, 0.6) is 0 Å². The van der Waals surface area contributed by atoms with Crippen molar-refractivity contribution in [2.24, 2.45) is 5.41 Å². The summed E-state index contributed by atoms with van der Waals surface area (Å²) >= 11 is 3.38. The molecule has 0 radical (unpaired) electrons. The van der Waals surface area contributed by atoms with Gasteiger partial charge in [0.05, 0.1) is 18.4 Å². The average Bonchev–Trinajstić information content (AvgIpc) is 3.08. The van der Waals surface area contributed by atoms with Gasteiger partial charge in [0.1, 0.15) is 4.47 Å². The Labute approximate surface area is 122 Å². The average molecular weight is 329 g/mol. The van der Waals surface area contributed by atoms with Crippen LogP contribution in [0.2, 0.25) is 0 Å². The largest absolute Gasteiger partial charge is 0.382 e. The Bertz CT molecular complexity index is 508. The van der Waals surface area contributed by atoms with E-state index in [1.54, 1.807) is 6.20 Å². The van der Waals surface area contributed by atoms with Gasteiger partial charge in [-0.2, -0.15) is 5.10 Å². The van der Waals surface area contributed by atoms with Crippen LogP contribution in [0.3, 0.4) is 0 Å². The van der Waals surface area contributed by atoms with E-state index in [1.165, 1.54) is 17.5 Å². The van der Waals surface area contributed by atoms with Gasteiger partial charge in [-0.15, -0.1) is 0 Å². The molecule has 0 aliphatic heterocycles. The van der Waals surface area contributed by atoms with E-state index in [-0.39, 0.29) is 5.56 Å². The molecule has 1 aliphatic carbocycles. The molecule has 1 aliphatic rings. The summed E-state index contributed by atoms with van der Waals surface area (Å²) < 4.78 is 2.07. The first kappa shape index (κ1) is 14.5. The lowest BCUT2D eigenvalue weighted by Gasteiger charge is -2.14. The number of halogens is 1. The SMILES string of the molecule is CN(C)CCn1ncc(NCC2(C)CC2)c(Br)c1=O. The maximum absolute atomic E-state index is 12.1. The number of likely N-dealkylation sites (N-methyl/N-ethyl adjacent to an activating group) is 1. The van der Waals surface area contributed by atoms with Crippen LogP contribution >= 0.6 is 15.9 Å². The fourth-order valence-electron chi connectivity index (χ4n) is 1.74. The Morgan fingerprint density at radius 1 is 1.53 bits per heavy atom. The Balaban J connectivity index is 2.06. The topological polar surface area (TPSA) is 50.2 Å². The molecule has 0 saturated heterocycles. The van der Waals surface area contributed by atoms with E-state index in [0.717, 1.165) is 18.8 Å². The van der Waals surface area contributed by atoms with Crippen LogP contribution < -0.4 is 10.9 Å². The van der Waals surface area contributed by atoms with Crippen molar-refractivity contribution >= 4 is 21.6 Å². The van der Waals surface area contributed by atoms with E-state index in [4.69, 9.17) is 0 Å². The number of anilines is 1. The van der Waals surface area contributed by atoms with Crippen LogP contribution in [0.15, 0.2) is 15.5 Å². The molecular formula is C13H21BrN4O. The third kappa shape index (κ3) is 3.79. The van der Waals surface area contributed by atoms with Crippen molar-refractivity contribution in [3.05, 3.63) is 21.0 Å². The highest BCUT2D eigenvalue weighted by atomic mass is 79.9. The molecule has 0 spiro atoms. The van der Waals surface area contributed by atoms with E-state index >= 15 is 0 Å². The van der Waals surface area contributed by atoms with Crippen molar-refractivity contribution in [1.82, 2.24) is 14.7 Å². The molecule has 6 heteroatoms. The van der Waals surface area contributed by atoms with Crippen molar-refractivity contribution in [2.75, 3.05) is 32.5 Å². The fraction of sp³-hybridized carbons (Fsp3) is 0.692. The highest BCUT2D eigenvalue weighted by molar-refractivity contribution is 9.10. The second-order valence-electron chi connectivity index (χ2n) is 5.87. The zero-order chi connectivity index (χ0) is 14.0. The summed E-state index contributed by atoms with van der Waals surface area (Å²) in [6.45, 7) is 4.54. The van der Waals surface area contributed by atoms with Crippen LogP contribution in [-0.2, 0) is 6.54 Å². The minimum atomic E-state index is -0.0761. The number of nitrogens with one attached hydrogen (secondary N) is 1. The van der Waals surface area contributed by atoms with Gasteiger partial charge in [-0.05, 0) is 48.3 Å². The Morgan fingerprint density at radius 3 is 2.79 bits per heavy atom. The zero-order valence-electron chi connectivity index (χ0n) is 11.7. The van der Waals surface area contributed by atoms with E-state index < -0.39 is 0 Å². The van der Waals surface area contributed by atoms with Gasteiger partial charge < -0.3 is 10.2 Å². The molecule has 5 nitrogen and oxygen atoms in total. The summed E-state index contributed by atoms with van der Waals surface area (Å²) in [5, 5.41) is 7.53. The molecule has 0 atom stereocenters. The fourth-order valence-corrected chi connectivity index (χ4v) is 2.19. The molecule has 0 bridgehead atoms. The highest BCUT2D eigenvalue weighted by Crippen LogP contribution is 2.44. The van der Waals surface area contributed by atoms with Crippen LogP contribution in [-0.4, -0.2) is 41.9 Å². The number of rotatable bonds is 6. The molecule has 19 heavy (non-hydrogen) atoms. The predicted molar refractivity (Wildman–Crippen MR) is 80.6 cm³/mol. The molecular weight excluding hydrogens is 308 g/mol. The number of aromatic nitrogens is 2. The molecule has 1 fully saturated rings. The van der Waals surface area contributed by atoms with Gasteiger partial charge in [-0.25, -0.2) is 4.68 Å². The number of nitrogens with zero attached hydrogens (tertiary/aromatic N) is 3. The minimum Gasteiger partial charge on any atom is -0.382 e. The molecule has 0 amide bonds. The highest BCUT2D eigenvalue weighted by Gasteiger charge is 2.36. The van der Waals surface area contributed by atoms with Crippen LogP contribution in [0, 0.1) is 5.41 Å². The molecule has 1 saturated carbocycles. The van der Waals surface area contributed by atoms with Crippen molar-refractivity contribution in [1.29, 1.82) is 0 Å². The van der Waals surface area contributed by atoms with Crippen molar-refractivity contribution in [3.8, 4) is 0 Å². The summed E-state index contributed by atoms with van der Waals surface area (Å²) in [6.07, 6.45) is 4.24. The minimum absolute atomic E-state index is 0.0761. The lowest BCUT2D eigenvalue weighted by molar-refractivity contribution is 0.367. The predicted octanol–water partition coefficient (Wildman–Crippen LogP) is 1.78. The lowest BCUT2D eigenvalue weighted by Crippen LogP contribution is -2.29. The third-order valence-electron chi connectivity index (χ3n) is 3.55. The first-order valence-electron chi connectivity index (χ1n) is 6.55. The van der Waals surface area contributed by atoms with E-state index in [0.29, 0.717) is 16.4 Å². The number of hydrogen-bond acceptors (Lipinski definition) is 4. The molecule has 2 rings (SSSR count). The van der Waals surface area contributed by atoms with Gasteiger partial charge in [0.2, 0.25) is 0 Å². The molecule has 0 aromatic carbocycles. The van der Waals surface area contributed by atoms with E-state index in [1.807, 2.05) is 19.0 Å². The third-order valence-corrected chi connectivity index (χ3v) is 4.32. The Morgan fingerprint density at radius 2 is 2.21 bits per heavy atom. The van der Waals surface area contributed by atoms with Gasteiger partial charge >= 0.3 is 0 Å². The monoisotopic (exact) mass is 328 g/mol. The Kier molecular flexibility index (Phi) is 4.30. The van der Waals surface area contributed by atoms with E-state index in [2.05, 4.69) is 33.3 Å². The lowest BCUT2D eigenvalue weighted by atomic mass is 10.1. The molecule has 1 N–H and O–H groups in total. The second-order valence-corrected chi connectivity index (χ2v) is 6.66. The maximum Gasteiger partial charge on any atom is 0.283 e. The molecule has 0 unspecified atom stereocenters. The zero-order valence-corrected chi connectivity index (χ0v) is 13.3. The first-order chi connectivity index (χ1) is 8.91. The smallest absolute Gasteiger partial charge is 0.283 e. The quantitative estimate of drug-likeness (QED) is 0.864. The van der Waals surface area contributed by atoms with Gasteiger partial charge in [0.25, 0.3) is 5.56 Å². The molecule has 1 heterocycles.